The van der Waals surface area contributed by atoms with Crippen LogP contribution in [0.3, 0.4) is 0 Å². The Labute approximate surface area is 114 Å². The Morgan fingerprint density at radius 1 is 1.42 bits per heavy atom. The Hall–Kier alpha value is -1.59. The molecule has 0 aliphatic rings. The minimum Gasteiger partial charge on any atom is -0.496 e. The first-order chi connectivity index (χ1) is 8.97. The van der Waals surface area contributed by atoms with Crippen LogP contribution in [-0.2, 0) is 4.79 Å². The van der Waals surface area contributed by atoms with Crippen molar-refractivity contribution in [3.63, 3.8) is 0 Å². The van der Waals surface area contributed by atoms with E-state index in [9.17, 15) is 9.90 Å². The van der Waals surface area contributed by atoms with Gasteiger partial charge in [0.25, 0.3) is 0 Å². The summed E-state index contributed by atoms with van der Waals surface area (Å²) in [6.07, 6.45) is -1.000. The lowest BCUT2D eigenvalue weighted by Gasteiger charge is -2.26. The van der Waals surface area contributed by atoms with E-state index >= 15 is 0 Å². The van der Waals surface area contributed by atoms with Gasteiger partial charge in [-0.25, -0.2) is 0 Å². The normalized spacial score (nSPS) is 14.0. The van der Waals surface area contributed by atoms with Crippen LogP contribution in [0.2, 0.25) is 0 Å². The summed E-state index contributed by atoms with van der Waals surface area (Å²) in [6, 6.07) is 7.69. The van der Waals surface area contributed by atoms with Crippen molar-refractivity contribution in [3.8, 4) is 5.75 Å². The lowest BCUT2D eigenvalue weighted by Crippen LogP contribution is -2.38. The molecule has 2 atom stereocenters. The Morgan fingerprint density at radius 2 is 2.05 bits per heavy atom. The quantitative estimate of drug-likeness (QED) is 0.799. The summed E-state index contributed by atoms with van der Waals surface area (Å²) in [5.41, 5.74) is 1.00. The van der Waals surface area contributed by atoms with Gasteiger partial charge in [-0.15, -0.1) is 0 Å². The Bertz CT molecular complexity index is 419. The molecule has 5 nitrogen and oxygen atoms in total. The molecule has 0 saturated carbocycles. The maximum Gasteiger partial charge on any atom is 0.248 e. The van der Waals surface area contributed by atoms with Crippen molar-refractivity contribution in [1.29, 1.82) is 0 Å². The molecule has 1 aromatic rings. The Balaban J connectivity index is 2.86. The van der Waals surface area contributed by atoms with Crippen LogP contribution in [-0.4, -0.2) is 49.8 Å². The van der Waals surface area contributed by atoms with Crippen LogP contribution in [0.5, 0.6) is 5.75 Å². The molecule has 0 heterocycles. The maximum atomic E-state index is 11.4. The van der Waals surface area contributed by atoms with Gasteiger partial charge in [0.05, 0.1) is 13.2 Å². The topological polar surface area (TPSA) is 61.8 Å². The number of ether oxygens (including phenoxy) is 1. The molecule has 0 aromatic heterocycles. The van der Waals surface area contributed by atoms with Gasteiger partial charge in [0, 0.05) is 12.1 Å². The second kappa shape index (κ2) is 7.11. The zero-order valence-electron chi connectivity index (χ0n) is 11.9. The third kappa shape index (κ3) is 4.22. The van der Waals surface area contributed by atoms with Gasteiger partial charge in [-0.3, -0.25) is 4.79 Å². The first-order valence-electron chi connectivity index (χ1n) is 6.22. The number of hydrogen-bond donors (Lipinski definition) is 2. The van der Waals surface area contributed by atoms with E-state index < -0.39 is 6.10 Å². The molecule has 0 fully saturated rings. The summed E-state index contributed by atoms with van der Waals surface area (Å²) in [5.74, 6) is 0.411. The molecule has 106 valence electrons. The number of amides is 1. The zero-order valence-corrected chi connectivity index (χ0v) is 11.9. The highest BCUT2D eigenvalue weighted by atomic mass is 16.5. The van der Waals surface area contributed by atoms with E-state index in [4.69, 9.17) is 4.74 Å². The molecule has 0 spiro atoms. The standard InChI is InChI=1S/C14H22N2O3/c1-10(17)14(18)15-9-12(16(2)3)11-7-5-6-8-13(11)19-4/h5-8,10,12,17H,9H2,1-4H3,(H,15,18). The van der Waals surface area contributed by atoms with E-state index in [1.165, 1.54) is 6.92 Å². The lowest BCUT2D eigenvalue weighted by atomic mass is 10.0. The number of hydrogen-bond acceptors (Lipinski definition) is 4. The summed E-state index contributed by atoms with van der Waals surface area (Å²) in [5, 5.41) is 11.9. The van der Waals surface area contributed by atoms with Gasteiger partial charge in [-0.2, -0.15) is 0 Å². The molecule has 1 amide bonds. The molecule has 0 aliphatic carbocycles. The average molecular weight is 266 g/mol. The van der Waals surface area contributed by atoms with E-state index in [2.05, 4.69) is 5.32 Å². The fourth-order valence-electron chi connectivity index (χ4n) is 1.86. The number of carbonyl (C=O) groups is 1. The molecule has 0 radical (unpaired) electrons. The molecule has 0 aliphatic heterocycles. The van der Waals surface area contributed by atoms with Crippen LogP contribution < -0.4 is 10.1 Å². The van der Waals surface area contributed by atoms with E-state index in [1.807, 2.05) is 43.3 Å². The molecule has 19 heavy (non-hydrogen) atoms. The van der Waals surface area contributed by atoms with Crippen LogP contribution >= 0.6 is 0 Å². The van der Waals surface area contributed by atoms with E-state index in [0.29, 0.717) is 6.54 Å². The van der Waals surface area contributed by atoms with Crippen LogP contribution in [0.1, 0.15) is 18.5 Å². The summed E-state index contributed by atoms with van der Waals surface area (Å²) in [4.78, 5) is 13.4. The second-order valence-corrected chi connectivity index (χ2v) is 4.64. The highest BCUT2D eigenvalue weighted by Crippen LogP contribution is 2.27. The van der Waals surface area contributed by atoms with Crippen LogP contribution in [0, 0.1) is 0 Å². The predicted molar refractivity (Wildman–Crippen MR) is 74.1 cm³/mol. The van der Waals surface area contributed by atoms with Crippen molar-refractivity contribution in [1.82, 2.24) is 10.2 Å². The van der Waals surface area contributed by atoms with E-state index in [-0.39, 0.29) is 11.9 Å². The fraction of sp³-hybridized carbons (Fsp3) is 0.500. The van der Waals surface area contributed by atoms with Crippen molar-refractivity contribution >= 4 is 5.91 Å². The van der Waals surface area contributed by atoms with Gasteiger partial charge in [0.15, 0.2) is 0 Å². The highest BCUT2D eigenvalue weighted by Gasteiger charge is 2.19. The third-order valence-electron chi connectivity index (χ3n) is 2.97. The Morgan fingerprint density at radius 3 is 2.58 bits per heavy atom. The summed E-state index contributed by atoms with van der Waals surface area (Å²) in [7, 11) is 5.50. The van der Waals surface area contributed by atoms with Crippen molar-refractivity contribution in [3.05, 3.63) is 29.8 Å². The SMILES string of the molecule is COc1ccccc1C(CNC(=O)C(C)O)N(C)C. The molecule has 1 rings (SSSR count). The number of para-hydroxylation sites is 1. The molecule has 5 heteroatoms. The Kier molecular flexibility index (Phi) is 5.79. The number of rotatable bonds is 6. The van der Waals surface area contributed by atoms with Gasteiger partial charge in [0.1, 0.15) is 11.9 Å². The molecular formula is C14H22N2O3. The number of aliphatic hydroxyl groups is 1. The molecule has 0 saturated heterocycles. The highest BCUT2D eigenvalue weighted by molar-refractivity contribution is 5.80. The first-order valence-corrected chi connectivity index (χ1v) is 6.22. The maximum absolute atomic E-state index is 11.4. The molecule has 2 N–H and O–H groups in total. The summed E-state index contributed by atoms with van der Waals surface area (Å²) in [6.45, 7) is 1.86. The van der Waals surface area contributed by atoms with Gasteiger partial charge >= 0.3 is 0 Å². The van der Waals surface area contributed by atoms with Crippen LogP contribution in [0.25, 0.3) is 0 Å². The number of methoxy groups -OCH3 is 1. The monoisotopic (exact) mass is 266 g/mol. The predicted octanol–water partition coefficient (Wildman–Crippen LogP) is 0.795. The minimum absolute atomic E-state index is 0.0150. The number of likely N-dealkylation sites (N-methyl/N-ethyl adjacent to an activating group) is 1. The van der Waals surface area contributed by atoms with Crippen LogP contribution in [0.15, 0.2) is 24.3 Å². The van der Waals surface area contributed by atoms with Crippen molar-refractivity contribution in [2.45, 2.75) is 19.1 Å². The van der Waals surface area contributed by atoms with Crippen molar-refractivity contribution in [2.24, 2.45) is 0 Å². The number of carbonyl (C=O) groups excluding carboxylic acids is 1. The number of aliphatic hydroxyl groups excluding tert-OH is 1. The molecule has 0 bridgehead atoms. The van der Waals surface area contributed by atoms with Gasteiger partial charge in [-0.1, -0.05) is 18.2 Å². The molecular weight excluding hydrogens is 244 g/mol. The first kappa shape index (κ1) is 15.5. The van der Waals surface area contributed by atoms with Gasteiger partial charge in [0.2, 0.25) is 5.91 Å². The van der Waals surface area contributed by atoms with Gasteiger partial charge < -0.3 is 20.1 Å². The number of nitrogens with zero attached hydrogens (tertiary/aromatic N) is 1. The molecule has 2 unspecified atom stereocenters. The number of benzene rings is 1. The van der Waals surface area contributed by atoms with Gasteiger partial charge in [-0.05, 0) is 27.1 Å². The third-order valence-corrected chi connectivity index (χ3v) is 2.97. The molecule has 1 aromatic carbocycles. The lowest BCUT2D eigenvalue weighted by molar-refractivity contribution is -0.128. The summed E-state index contributed by atoms with van der Waals surface area (Å²) >= 11 is 0. The number of nitrogens with one attached hydrogen (secondary N) is 1. The van der Waals surface area contributed by atoms with E-state index in [0.717, 1.165) is 11.3 Å². The zero-order chi connectivity index (χ0) is 14.4. The summed E-state index contributed by atoms with van der Waals surface area (Å²) < 4.78 is 5.34. The second-order valence-electron chi connectivity index (χ2n) is 4.64. The van der Waals surface area contributed by atoms with Crippen molar-refractivity contribution < 1.29 is 14.6 Å². The smallest absolute Gasteiger partial charge is 0.248 e. The van der Waals surface area contributed by atoms with E-state index in [1.54, 1.807) is 7.11 Å². The van der Waals surface area contributed by atoms with Crippen LogP contribution in [0.4, 0.5) is 0 Å². The fourth-order valence-corrected chi connectivity index (χ4v) is 1.86. The largest absolute Gasteiger partial charge is 0.496 e. The van der Waals surface area contributed by atoms with Crippen molar-refractivity contribution in [2.75, 3.05) is 27.7 Å². The average Bonchev–Trinajstić information content (AvgIpc) is 2.38. The minimum atomic E-state index is -1.000.